The number of amides is 2. The number of nitrogens with one attached hydrogen (secondary N) is 1. The van der Waals surface area contributed by atoms with Crippen LogP contribution in [-0.2, 0) is 16.0 Å². The quantitative estimate of drug-likeness (QED) is 0.833. The normalized spacial score (nSPS) is 23.0. The predicted octanol–water partition coefficient (Wildman–Crippen LogP) is 1.84. The first-order chi connectivity index (χ1) is 11.1. The number of carbonyl (C=O) groups excluding carboxylic acids is 2. The van der Waals surface area contributed by atoms with Gasteiger partial charge < -0.3 is 15.3 Å². The molecule has 5 nitrogen and oxygen atoms in total. The molecular weight excluding hydrogens is 292 g/mol. The summed E-state index contributed by atoms with van der Waals surface area (Å²) in [5, 5.41) is 12.1. The maximum absolute atomic E-state index is 12.3. The molecule has 0 spiro atoms. The first-order valence-corrected chi connectivity index (χ1v) is 8.50. The molecule has 23 heavy (non-hydrogen) atoms. The van der Waals surface area contributed by atoms with Crippen molar-refractivity contribution in [2.24, 2.45) is 5.92 Å². The Kier molecular flexibility index (Phi) is 4.84. The van der Waals surface area contributed by atoms with Gasteiger partial charge in [0.2, 0.25) is 0 Å². The minimum Gasteiger partial charge on any atom is -0.508 e. The number of hydrogen-bond donors (Lipinski definition) is 2. The molecule has 124 valence electrons. The number of aromatic hydroxyl groups is 1. The lowest BCUT2D eigenvalue weighted by atomic mass is 9.88. The van der Waals surface area contributed by atoms with E-state index in [4.69, 9.17) is 0 Å². The maximum Gasteiger partial charge on any atom is 0.312 e. The molecular formula is C18H24N2O3. The third kappa shape index (κ3) is 3.84. The zero-order valence-electron chi connectivity index (χ0n) is 13.3. The SMILES string of the molecule is O=C1NC[C@@H](Cc2ccc(O)cc2)N(CC2CCCCC2)C1=O. The smallest absolute Gasteiger partial charge is 0.312 e. The molecule has 1 atom stereocenters. The van der Waals surface area contributed by atoms with Gasteiger partial charge in [0, 0.05) is 13.1 Å². The van der Waals surface area contributed by atoms with Crippen molar-refractivity contribution >= 4 is 11.8 Å². The molecule has 5 heteroatoms. The fourth-order valence-electron chi connectivity index (χ4n) is 3.66. The second kappa shape index (κ2) is 7.02. The summed E-state index contributed by atoms with van der Waals surface area (Å²) in [6, 6.07) is 7.05. The van der Waals surface area contributed by atoms with Crippen molar-refractivity contribution in [2.45, 2.75) is 44.6 Å². The highest BCUT2D eigenvalue weighted by Crippen LogP contribution is 2.26. The fraction of sp³-hybridized carbons (Fsp3) is 0.556. The van der Waals surface area contributed by atoms with Crippen molar-refractivity contribution in [3.63, 3.8) is 0 Å². The summed E-state index contributed by atoms with van der Waals surface area (Å²) in [5.41, 5.74) is 1.06. The monoisotopic (exact) mass is 316 g/mol. The van der Waals surface area contributed by atoms with Crippen LogP contribution in [0.4, 0.5) is 0 Å². The third-order valence-electron chi connectivity index (χ3n) is 4.98. The van der Waals surface area contributed by atoms with Crippen LogP contribution < -0.4 is 5.32 Å². The number of phenols is 1. The van der Waals surface area contributed by atoms with E-state index in [1.807, 2.05) is 12.1 Å². The van der Waals surface area contributed by atoms with Gasteiger partial charge in [-0.15, -0.1) is 0 Å². The Morgan fingerprint density at radius 3 is 2.48 bits per heavy atom. The lowest BCUT2D eigenvalue weighted by Crippen LogP contribution is -2.59. The summed E-state index contributed by atoms with van der Waals surface area (Å²) in [4.78, 5) is 25.9. The zero-order valence-corrected chi connectivity index (χ0v) is 13.3. The topological polar surface area (TPSA) is 69.6 Å². The number of carbonyl (C=O) groups is 2. The largest absolute Gasteiger partial charge is 0.508 e. The molecule has 1 aromatic rings. The summed E-state index contributed by atoms with van der Waals surface area (Å²) in [6.07, 6.45) is 6.72. The standard InChI is InChI=1S/C18H24N2O3/c21-16-8-6-13(7-9-16)10-15-11-19-17(22)18(23)20(15)12-14-4-2-1-3-5-14/h6-9,14-15,21H,1-5,10-12H2,(H,19,22)/t15-/m1/s1. The van der Waals surface area contributed by atoms with E-state index in [1.165, 1.54) is 19.3 Å². The van der Waals surface area contributed by atoms with Crippen molar-refractivity contribution in [3.05, 3.63) is 29.8 Å². The molecule has 1 aliphatic heterocycles. The Labute approximate surface area is 136 Å². The molecule has 1 heterocycles. The average molecular weight is 316 g/mol. The Morgan fingerprint density at radius 2 is 1.78 bits per heavy atom. The molecule has 1 saturated heterocycles. The minimum atomic E-state index is -0.484. The number of rotatable bonds is 4. The van der Waals surface area contributed by atoms with E-state index in [0.29, 0.717) is 25.4 Å². The van der Waals surface area contributed by atoms with Crippen LogP contribution in [0.5, 0.6) is 5.75 Å². The van der Waals surface area contributed by atoms with Crippen LogP contribution in [0, 0.1) is 5.92 Å². The van der Waals surface area contributed by atoms with E-state index in [0.717, 1.165) is 18.4 Å². The Morgan fingerprint density at radius 1 is 1.09 bits per heavy atom. The number of hydrogen-bond acceptors (Lipinski definition) is 3. The van der Waals surface area contributed by atoms with Gasteiger partial charge in [-0.3, -0.25) is 9.59 Å². The molecule has 2 N–H and O–H groups in total. The van der Waals surface area contributed by atoms with E-state index in [2.05, 4.69) is 5.32 Å². The number of piperazine rings is 1. The first-order valence-electron chi connectivity index (χ1n) is 8.50. The van der Waals surface area contributed by atoms with E-state index in [9.17, 15) is 14.7 Å². The molecule has 0 radical (unpaired) electrons. The highest BCUT2D eigenvalue weighted by atomic mass is 16.3. The van der Waals surface area contributed by atoms with Crippen molar-refractivity contribution in [1.82, 2.24) is 10.2 Å². The summed E-state index contributed by atoms with van der Waals surface area (Å²) >= 11 is 0. The molecule has 2 amide bonds. The average Bonchev–Trinajstić information content (AvgIpc) is 2.57. The second-order valence-electron chi connectivity index (χ2n) is 6.70. The molecule has 1 aliphatic carbocycles. The molecule has 0 aromatic heterocycles. The highest BCUT2D eigenvalue weighted by Gasteiger charge is 2.35. The van der Waals surface area contributed by atoms with Gasteiger partial charge >= 0.3 is 11.8 Å². The van der Waals surface area contributed by atoms with Crippen molar-refractivity contribution in [2.75, 3.05) is 13.1 Å². The summed E-state index contributed by atoms with van der Waals surface area (Å²) in [6.45, 7) is 1.19. The lowest BCUT2D eigenvalue weighted by molar-refractivity contribution is -0.151. The second-order valence-corrected chi connectivity index (χ2v) is 6.70. The van der Waals surface area contributed by atoms with Crippen molar-refractivity contribution in [3.8, 4) is 5.75 Å². The van der Waals surface area contributed by atoms with E-state index in [1.54, 1.807) is 17.0 Å². The van der Waals surface area contributed by atoms with E-state index < -0.39 is 11.8 Å². The molecule has 1 saturated carbocycles. The molecule has 0 bridgehead atoms. The lowest BCUT2D eigenvalue weighted by Gasteiger charge is -2.38. The van der Waals surface area contributed by atoms with Gasteiger partial charge in [-0.05, 0) is 42.9 Å². The first kappa shape index (κ1) is 15.8. The van der Waals surface area contributed by atoms with Gasteiger partial charge in [0.25, 0.3) is 0 Å². The highest BCUT2D eigenvalue weighted by molar-refractivity contribution is 6.35. The van der Waals surface area contributed by atoms with Gasteiger partial charge in [-0.1, -0.05) is 31.4 Å². The van der Waals surface area contributed by atoms with Gasteiger partial charge in [0.1, 0.15) is 5.75 Å². The van der Waals surface area contributed by atoms with Crippen LogP contribution in [0.25, 0.3) is 0 Å². The van der Waals surface area contributed by atoms with Crippen LogP contribution in [0.2, 0.25) is 0 Å². The minimum absolute atomic E-state index is 0.00771. The Balaban J connectivity index is 1.71. The van der Waals surface area contributed by atoms with Crippen LogP contribution in [0.3, 0.4) is 0 Å². The molecule has 1 aromatic carbocycles. The van der Waals surface area contributed by atoms with Gasteiger partial charge in [-0.2, -0.15) is 0 Å². The zero-order chi connectivity index (χ0) is 16.2. The van der Waals surface area contributed by atoms with E-state index >= 15 is 0 Å². The molecule has 0 unspecified atom stereocenters. The predicted molar refractivity (Wildman–Crippen MR) is 86.9 cm³/mol. The van der Waals surface area contributed by atoms with Crippen LogP contribution in [0.1, 0.15) is 37.7 Å². The number of benzene rings is 1. The molecule has 2 fully saturated rings. The van der Waals surface area contributed by atoms with Gasteiger partial charge in [0.15, 0.2) is 0 Å². The molecule has 2 aliphatic rings. The summed E-state index contributed by atoms with van der Waals surface area (Å²) in [7, 11) is 0. The van der Waals surface area contributed by atoms with E-state index in [-0.39, 0.29) is 11.8 Å². The number of nitrogens with zero attached hydrogens (tertiary/aromatic N) is 1. The van der Waals surface area contributed by atoms with Gasteiger partial charge in [0.05, 0.1) is 6.04 Å². The van der Waals surface area contributed by atoms with Crippen LogP contribution in [0.15, 0.2) is 24.3 Å². The Bertz CT molecular complexity index is 564. The maximum atomic E-state index is 12.3. The third-order valence-corrected chi connectivity index (χ3v) is 4.98. The summed E-state index contributed by atoms with van der Waals surface area (Å²) in [5.74, 6) is -0.130. The Hall–Kier alpha value is -2.04. The van der Waals surface area contributed by atoms with Crippen molar-refractivity contribution < 1.29 is 14.7 Å². The fourth-order valence-corrected chi connectivity index (χ4v) is 3.66. The molecule has 3 rings (SSSR count). The van der Waals surface area contributed by atoms with Crippen molar-refractivity contribution in [1.29, 1.82) is 0 Å². The summed E-state index contributed by atoms with van der Waals surface area (Å²) < 4.78 is 0. The van der Waals surface area contributed by atoms with Crippen LogP contribution in [-0.4, -0.2) is 41.0 Å². The van der Waals surface area contributed by atoms with Gasteiger partial charge in [-0.25, -0.2) is 0 Å². The number of phenolic OH excluding ortho intramolecular Hbond substituents is 1. The van der Waals surface area contributed by atoms with Crippen LogP contribution >= 0.6 is 0 Å².